The predicted molar refractivity (Wildman–Crippen MR) is 84.4 cm³/mol. The molecule has 1 N–H and O–H groups in total. The molecule has 0 radical (unpaired) electrons. The van der Waals surface area contributed by atoms with Crippen LogP contribution in [0.25, 0.3) is 0 Å². The van der Waals surface area contributed by atoms with Crippen LogP contribution in [0.3, 0.4) is 0 Å². The number of carbonyl (C=O) groups is 3. The predicted octanol–water partition coefficient (Wildman–Crippen LogP) is 1.63. The van der Waals surface area contributed by atoms with Crippen LogP contribution in [0.5, 0.6) is 0 Å². The van der Waals surface area contributed by atoms with Crippen LogP contribution < -0.4 is 0 Å². The van der Waals surface area contributed by atoms with E-state index in [4.69, 9.17) is 9.47 Å². The van der Waals surface area contributed by atoms with Crippen molar-refractivity contribution in [3.05, 3.63) is 71.8 Å². The Morgan fingerprint density at radius 3 is 1.92 bits per heavy atom. The first-order valence-electron chi connectivity index (χ1n) is 7.23. The lowest BCUT2D eigenvalue weighted by molar-refractivity contribution is -0.123. The largest absolute Gasteiger partial charge is 0.459 e. The zero-order valence-electron chi connectivity index (χ0n) is 12.7. The van der Waals surface area contributed by atoms with Crippen LogP contribution >= 0.6 is 0 Å². The molecule has 2 rings (SSSR count). The van der Waals surface area contributed by atoms with Gasteiger partial charge in [0, 0.05) is 0 Å². The van der Waals surface area contributed by atoms with Crippen molar-refractivity contribution in [3.8, 4) is 0 Å². The summed E-state index contributed by atoms with van der Waals surface area (Å²) in [6, 6.07) is 16.3. The van der Waals surface area contributed by atoms with Gasteiger partial charge in [-0.05, 0) is 24.3 Å². The van der Waals surface area contributed by atoms with Crippen LogP contribution in [0.15, 0.2) is 60.7 Å². The topological polar surface area (TPSA) is 89.9 Å². The molecule has 124 valence electrons. The number of aliphatic hydroxyl groups is 1. The Kier molecular flexibility index (Phi) is 6.22. The third-order valence-corrected chi connectivity index (χ3v) is 3.16. The molecule has 24 heavy (non-hydrogen) atoms. The summed E-state index contributed by atoms with van der Waals surface area (Å²) in [5.74, 6) is -1.39. The van der Waals surface area contributed by atoms with Gasteiger partial charge in [0.05, 0.1) is 11.1 Å². The molecule has 0 aliphatic heterocycles. The highest BCUT2D eigenvalue weighted by atomic mass is 16.6. The number of hydrogen-bond donors (Lipinski definition) is 1. The lowest BCUT2D eigenvalue weighted by atomic mass is 10.2. The molecule has 2 aromatic carbocycles. The SMILES string of the molecule is O=C[C@H](OC(=O)c1ccccc1)[C@H](O)COC(=O)c1ccccc1. The third-order valence-electron chi connectivity index (χ3n) is 3.16. The number of aliphatic hydroxyl groups excluding tert-OH is 1. The van der Waals surface area contributed by atoms with E-state index < -0.39 is 30.8 Å². The van der Waals surface area contributed by atoms with Crippen molar-refractivity contribution in [2.24, 2.45) is 0 Å². The summed E-state index contributed by atoms with van der Waals surface area (Å²) >= 11 is 0. The molecule has 0 aromatic heterocycles. The van der Waals surface area contributed by atoms with Gasteiger partial charge in [0.25, 0.3) is 0 Å². The van der Waals surface area contributed by atoms with Crippen molar-refractivity contribution in [3.63, 3.8) is 0 Å². The maximum absolute atomic E-state index is 11.9. The van der Waals surface area contributed by atoms with Crippen LogP contribution in [0.2, 0.25) is 0 Å². The first-order chi connectivity index (χ1) is 11.6. The molecule has 2 aromatic rings. The number of carbonyl (C=O) groups excluding carboxylic acids is 3. The zero-order valence-corrected chi connectivity index (χ0v) is 12.7. The lowest BCUT2D eigenvalue weighted by Gasteiger charge is -2.18. The first kappa shape index (κ1) is 17.4. The zero-order chi connectivity index (χ0) is 17.4. The van der Waals surface area contributed by atoms with Crippen molar-refractivity contribution in [2.75, 3.05) is 6.61 Å². The minimum Gasteiger partial charge on any atom is -0.459 e. The Labute approximate surface area is 138 Å². The Bertz CT molecular complexity index is 683. The van der Waals surface area contributed by atoms with Crippen molar-refractivity contribution < 1.29 is 29.0 Å². The Balaban J connectivity index is 1.89. The average molecular weight is 328 g/mol. The molecular weight excluding hydrogens is 312 g/mol. The fraction of sp³-hybridized carbons (Fsp3) is 0.167. The normalized spacial score (nSPS) is 12.7. The van der Waals surface area contributed by atoms with Gasteiger partial charge in [0.15, 0.2) is 12.4 Å². The fourth-order valence-corrected chi connectivity index (χ4v) is 1.88. The Morgan fingerprint density at radius 2 is 1.42 bits per heavy atom. The average Bonchev–Trinajstić information content (AvgIpc) is 2.65. The van der Waals surface area contributed by atoms with Crippen molar-refractivity contribution in [2.45, 2.75) is 12.2 Å². The first-order valence-corrected chi connectivity index (χ1v) is 7.23. The molecule has 0 bridgehead atoms. The third kappa shape index (κ3) is 4.76. The van der Waals surface area contributed by atoms with Gasteiger partial charge in [0.2, 0.25) is 0 Å². The monoisotopic (exact) mass is 328 g/mol. The second kappa shape index (κ2) is 8.59. The molecule has 6 heteroatoms. The molecule has 0 amide bonds. The second-order valence-corrected chi connectivity index (χ2v) is 4.90. The minimum atomic E-state index is -1.46. The molecule has 0 heterocycles. The van der Waals surface area contributed by atoms with Crippen molar-refractivity contribution in [1.82, 2.24) is 0 Å². The van der Waals surface area contributed by atoms with Gasteiger partial charge in [-0.15, -0.1) is 0 Å². The van der Waals surface area contributed by atoms with Gasteiger partial charge < -0.3 is 14.6 Å². The number of ether oxygens (including phenoxy) is 2. The molecule has 6 nitrogen and oxygen atoms in total. The summed E-state index contributed by atoms with van der Waals surface area (Å²) in [7, 11) is 0. The molecule has 0 aliphatic rings. The lowest BCUT2D eigenvalue weighted by Crippen LogP contribution is -2.36. The molecule has 2 atom stereocenters. The highest BCUT2D eigenvalue weighted by molar-refractivity contribution is 5.90. The summed E-state index contributed by atoms with van der Waals surface area (Å²) in [5.41, 5.74) is 0.562. The quantitative estimate of drug-likeness (QED) is 0.614. The molecule has 0 fully saturated rings. The van der Waals surface area contributed by atoms with Gasteiger partial charge in [-0.3, -0.25) is 4.79 Å². The smallest absolute Gasteiger partial charge is 0.338 e. The van der Waals surface area contributed by atoms with E-state index in [1.165, 1.54) is 12.1 Å². The summed E-state index contributed by atoms with van der Waals surface area (Å²) in [5, 5.41) is 9.91. The van der Waals surface area contributed by atoms with E-state index in [2.05, 4.69) is 0 Å². The summed E-state index contributed by atoms with van der Waals surface area (Å²) in [6.45, 7) is -0.473. The Morgan fingerprint density at radius 1 is 0.917 bits per heavy atom. The van der Waals surface area contributed by atoms with Crippen LogP contribution in [-0.4, -0.2) is 42.1 Å². The molecule has 0 saturated heterocycles. The summed E-state index contributed by atoms with van der Waals surface area (Å²) in [6.07, 6.45) is -2.59. The van der Waals surface area contributed by atoms with Gasteiger partial charge in [-0.1, -0.05) is 36.4 Å². The second-order valence-electron chi connectivity index (χ2n) is 4.90. The van der Waals surface area contributed by atoms with E-state index in [0.29, 0.717) is 11.8 Å². The highest BCUT2D eigenvalue weighted by Crippen LogP contribution is 2.07. The maximum atomic E-state index is 11.9. The molecule has 0 aliphatic carbocycles. The van der Waals surface area contributed by atoms with E-state index >= 15 is 0 Å². The van der Waals surface area contributed by atoms with E-state index in [1.807, 2.05) is 0 Å². The molecule has 0 saturated carbocycles. The fourth-order valence-electron chi connectivity index (χ4n) is 1.88. The van der Waals surface area contributed by atoms with Gasteiger partial charge in [0.1, 0.15) is 12.7 Å². The van der Waals surface area contributed by atoms with Crippen molar-refractivity contribution in [1.29, 1.82) is 0 Å². The standard InChI is InChI=1S/C18H16O6/c19-11-16(24-18(22)14-9-5-2-6-10-14)15(20)12-23-17(21)13-7-3-1-4-8-13/h1-11,15-16,20H,12H2/t15-,16+/m1/s1. The van der Waals surface area contributed by atoms with Gasteiger partial charge >= 0.3 is 11.9 Å². The van der Waals surface area contributed by atoms with Crippen molar-refractivity contribution >= 4 is 18.2 Å². The number of esters is 2. The van der Waals surface area contributed by atoms with Gasteiger partial charge in [-0.25, -0.2) is 9.59 Å². The number of aldehydes is 1. The van der Waals surface area contributed by atoms with E-state index in [9.17, 15) is 19.5 Å². The highest BCUT2D eigenvalue weighted by Gasteiger charge is 2.25. The number of rotatable bonds is 7. The van der Waals surface area contributed by atoms with Gasteiger partial charge in [-0.2, -0.15) is 0 Å². The van der Waals surface area contributed by atoms with Crippen LogP contribution in [0.4, 0.5) is 0 Å². The van der Waals surface area contributed by atoms with Crippen LogP contribution in [0.1, 0.15) is 20.7 Å². The number of hydrogen-bond acceptors (Lipinski definition) is 6. The summed E-state index contributed by atoms with van der Waals surface area (Å²) in [4.78, 5) is 34.7. The van der Waals surface area contributed by atoms with Crippen LogP contribution in [0, 0.1) is 0 Å². The van der Waals surface area contributed by atoms with E-state index in [-0.39, 0.29) is 5.56 Å². The maximum Gasteiger partial charge on any atom is 0.338 e. The van der Waals surface area contributed by atoms with E-state index in [0.717, 1.165) is 0 Å². The minimum absolute atomic E-state index is 0.248. The molecule has 0 unspecified atom stereocenters. The van der Waals surface area contributed by atoms with E-state index in [1.54, 1.807) is 48.5 Å². The van der Waals surface area contributed by atoms with Crippen LogP contribution in [-0.2, 0) is 14.3 Å². The molecular formula is C18H16O6. The summed E-state index contributed by atoms with van der Waals surface area (Å²) < 4.78 is 9.86. The number of benzene rings is 2. The Hall–Kier alpha value is -2.99. The molecule has 0 spiro atoms.